The van der Waals surface area contributed by atoms with Gasteiger partial charge in [0.1, 0.15) is 4.32 Å². The van der Waals surface area contributed by atoms with E-state index in [1.807, 2.05) is 66.7 Å². The molecular weight excluding hydrogens is 392 g/mol. The Labute approximate surface area is 174 Å². The van der Waals surface area contributed by atoms with E-state index in [1.54, 1.807) is 19.1 Å². The van der Waals surface area contributed by atoms with Crippen molar-refractivity contribution in [2.75, 3.05) is 32.7 Å². The fraction of sp³-hybridized carbons (Fsp3) is 0.238. The molecule has 2 aromatic carbocycles. The Balaban J connectivity index is 1.68. The summed E-state index contributed by atoms with van der Waals surface area (Å²) in [4.78, 5) is 17.0. The van der Waals surface area contributed by atoms with Crippen LogP contribution in [0.4, 0.5) is 5.69 Å². The zero-order valence-corrected chi connectivity index (χ0v) is 17.7. The summed E-state index contributed by atoms with van der Waals surface area (Å²) in [6.07, 6.45) is 2.51. The smallest absolute Gasteiger partial charge is 0.267 e. The zero-order chi connectivity index (χ0) is 20.1. The molecule has 3 rings (SSSR count). The first-order valence-electron chi connectivity index (χ1n) is 8.77. The lowest BCUT2D eigenvalue weighted by Gasteiger charge is -2.16. The maximum absolute atomic E-state index is 12.8. The van der Waals surface area contributed by atoms with E-state index in [0.717, 1.165) is 11.3 Å². The van der Waals surface area contributed by atoms with E-state index >= 15 is 0 Å². The first-order valence-corrected chi connectivity index (χ1v) is 10.00. The van der Waals surface area contributed by atoms with Crippen LogP contribution in [-0.2, 0) is 11.2 Å². The number of methoxy groups -OCH3 is 2. The van der Waals surface area contributed by atoms with Crippen molar-refractivity contribution in [2.24, 2.45) is 0 Å². The summed E-state index contributed by atoms with van der Waals surface area (Å²) in [6, 6.07) is 15.6. The zero-order valence-electron chi connectivity index (χ0n) is 16.0. The molecule has 0 saturated carbocycles. The van der Waals surface area contributed by atoms with Crippen LogP contribution in [0.2, 0.25) is 0 Å². The van der Waals surface area contributed by atoms with E-state index in [9.17, 15) is 4.79 Å². The SMILES string of the molecule is COc1ccc(CCN2C(=O)/C(=C/N(C)c3ccccc3)SC2=S)cc1OC. The number of benzene rings is 2. The molecule has 1 saturated heterocycles. The molecule has 0 unspecified atom stereocenters. The van der Waals surface area contributed by atoms with Crippen LogP contribution >= 0.6 is 24.0 Å². The number of para-hydroxylation sites is 1. The Bertz CT molecular complexity index is 900. The van der Waals surface area contributed by atoms with Crippen LogP contribution in [-0.4, -0.2) is 42.9 Å². The van der Waals surface area contributed by atoms with Crippen molar-refractivity contribution in [2.45, 2.75) is 6.42 Å². The van der Waals surface area contributed by atoms with Gasteiger partial charge >= 0.3 is 0 Å². The molecule has 1 amide bonds. The van der Waals surface area contributed by atoms with E-state index in [1.165, 1.54) is 11.8 Å². The number of anilines is 1. The topological polar surface area (TPSA) is 42.0 Å². The number of nitrogens with zero attached hydrogens (tertiary/aromatic N) is 2. The average molecular weight is 415 g/mol. The van der Waals surface area contributed by atoms with Crippen LogP contribution in [0.3, 0.4) is 0 Å². The second-order valence-electron chi connectivity index (χ2n) is 6.20. The molecule has 0 bridgehead atoms. The lowest BCUT2D eigenvalue weighted by Crippen LogP contribution is -2.30. The van der Waals surface area contributed by atoms with Gasteiger partial charge < -0.3 is 14.4 Å². The normalized spacial score (nSPS) is 15.2. The predicted octanol–water partition coefficient (Wildman–Crippen LogP) is 4.08. The highest BCUT2D eigenvalue weighted by atomic mass is 32.2. The third-order valence-electron chi connectivity index (χ3n) is 4.42. The molecule has 0 N–H and O–H groups in total. The van der Waals surface area contributed by atoms with E-state index in [2.05, 4.69) is 0 Å². The van der Waals surface area contributed by atoms with Crippen LogP contribution in [0.15, 0.2) is 59.6 Å². The fourth-order valence-electron chi connectivity index (χ4n) is 2.87. The Morgan fingerprint density at radius 3 is 2.50 bits per heavy atom. The van der Waals surface area contributed by atoms with E-state index < -0.39 is 0 Å². The monoisotopic (exact) mass is 414 g/mol. The van der Waals surface area contributed by atoms with E-state index in [4.69, 9.17) is 21.7 Å². The Hall–Kier alpha value is -2.51. The van der Waals surface area contributed by atoms with Crippen molar-refractivity contribution in [3.8, 4) is 11.5 Å². The Morgan fingerprint density at radius 2 is 1.82 bits per heavy atom. The van der Waals surface area contributed by atoms with Gasteiger partial charge in [-0.15, -0.1) is 0 Å². The van der Waals surface area contributed by atoms with Crippen LogP contribution < -0.4 is 14.4 Å². The van der Waals surface area contributed by atoms with Gasteiger partial charge in [-0.1, -0.05) is 48.2 Å². The van der Waals surface area contributed by atoms with Crippen molar-refractivity contribution in [1.29, 1.82) is 0 Å². The average Bonchev–Trinajstić information content (AvgIpc) is 2.99. The van der Waals surface area contributed by atoms with Crippen LogP contribution in [0.25, 0.3) is 0 Å². The predicted molar refractivity (Wildman–Crippen MR) is 118 cm³/mol. The lowest BCUT2D eigenvalue weighted by molar-refractivity contribution is -0.122. The second-order valence-corrected chi connectivity index (χ2v) is 7.88. The van der Waals surface area contributed by atoms with Gasteiger partial charge in [-0.05, 0) is 36.2 Å². The molecule has 0 aromatic heterocycles. The summed E-state index contributed by atoms with van der Waals surface area (Å²) in [6.45, 7) is 0.520. The van der Waals surface area contributed by atoms with Crippen molar-refractivity contribution in [1.82, 2.24) is 4.90 Å². The van der Waals surface area contributed by atoms with Gasteiger partial charge in [0, 0.05) is 25.5 Å². The first kappa shape index (κ1) is 20.2. The van der Waals surface area contributed by atoms with Gasteiger partial charge in [-0.2, -0.15) is 0 Å². The maximum Gasteiger partial charge on any atom is 0.267 e. The van der Waals surface area contributed by atoms with Crippen molar-refractivity contribution < 1.29 is 14.3 Å². The first-order chi connectivity index (χ1) is 13.5. The molecule has 0 spiro atoms. The molecule has 0 aliphatic carbocycles. The molecule has 5 nitrogen and oxygen atoms in total. The minimum atomic E-state index is -0.0572. The summed E-state index contributed by atoms with van der Waals surface area (Å²) in [7, 11) is 5.14. The molecule has 0 radical (unpaired) electrons. The van der Waals surface area contributed by atoms with Crippen LogP contribution in [0.1, 0.15) is 5.56 Å². The van der Waals surface area contributed by atoms with Gasteiger partial charge in [0.2, 0.25) is 0 Å². The largest absolute Gasteiger partial charge is 0.493 e. The molecule has 1 fully saturated rings. The van der Waals surface area contributed by atoms with Crippen LogP contribution in [0.5, 0.6) is 11.5 Å². The highest BCUT2D eigenvalue weighted by Gasteiger charge is 2.32. The summed E-state index contributed by atoms with van der Waals surface area (Å²) in [5.74, 6) is 1.30. The number of rotatable bonds is 7. The molecule has 1 aliphatic rings. The maximum atomic E-state index is 12.8. The highest BCUT2D eigenvalue weighted by Crippen LogP contribution is 2.32. The molecular formula is C21H22N2O3S2. The minimum absolute atomic E-state index is 0.0572. The standard InChI is InChI=1S/C21H22N2O3S2/c1-22(16-7-5-4-6-8-16)14-19-20(24)23(21(27)28-19)12-11-15-9-10-17(25-2)18(13-15)26-3/h4-10,13-14H,11-12H2,1-3H3/b19-14-. The quantitative estimate of drug-likeness (QED) is 0.502. The van der Waals surface area contributed by atoms with Gasteiger partial charge in [0.25, 0.3) is 5.91 Å². The molecule has 28 heavy (non-hydrogen) atoms. The fourth-order valence-corrected chi connectivity index (χ4v) is 4.20. The van der Waals surface area contributed by atoms with E-state index in [-0.39, 0.29) is 5.91 Å². The number of ether oxygens (including phenoxy) is 2. The summed E-state index contributed by atoms with van der Waals surface area (Å²) < 4.78 is 11.2. The number of hydrogen-bond donors (Lipinski definition) is 0. The van der Waals surface area contributed by atoms with Gasteiger partial charge in [0.15, 0.2) is 11.5 Å². The lowest BCUT2D eigenvalue weighted by atomic mass is 10.1. The second kappa shape index (κ2) is 9.12. The number of carbonyl (C=O) groups excluding carboxylic acids is 1. The number of thioether (sulfide) groups is 1. The van der Waals surface area contributed by atoms with Gasteiger partial charge in [0.05, 0.1) is 19.1 Å². The van der Waals surface area contributed by atoms with Gasteiger partial charge in [-0.25, -0.2) is 0 Å². The molecule has 1 aliphatic heterocycles. The highest BCUT2D eigenvalue weighted by molar-refractivity contribution is 8.26. The summed E-state index contributed by atoms with van der Waals surface area (Å²) >= 11 is 6.77. The summed E-state index contributed by atoms with van der Waals surface area (Å²) in [5, 5.41) is 0. The molecule has 7 heteroatoms. The molecule has 1 heterocycles. The Morgan fingerprint density at radius 1 is 1.11 bits per heavy atom. The molecule has 2 aromatic rings. The number of hydrogen-bond acceptors (Lipinski definition) is 6. The Kier molecular flexibility index (Phi) is 6.59. The van der Waals surface area contributed by atoms with Crippen molar-refractivity contribution in [3.63, 3.8) is 0 Å². The van der Waals surface area contributed by atoms with Gasteiger partial charge in [-0.3, -0.25) is 9.69 Å². The number of carbonyl (C=O) groups is 1. The van der Waals surface area contributed by atoms with Crippen LogP contribution in [0, 0.1) is 0 Å². The van der Waals surface area contributed by atoms with E-state index in [0.29, 0.717) is 33.7 Å². The number of thiocarbonyl (C=S) groups is 1. The third kappa shape index (κ3) is 4.48. The van der Waals surface area contributed by atoms with Crippen molar-refractivity contribution in [3.05, 3.63) is 65.2 Å². The molecule has 0 atom stereocenters. The molecule has 146 valence electrons. The van der Waals surface area contributed by atoms with Crippen molar-refractivity contribution >= 4 is 39.9 Å². The third-order valence-corrected chi connectivity index (χ3v) is 5.79. The number of amides is 1. The summed E-state index contributed by atoms with van der Waals surface area (Å²) in [5.41, 5.74) is 2.06. The minimum Gasteiger partial charge on any atom is -0.493 e.